The highest BCUT2D eigenvalue weighted by molar-refractivity contribution is 5.99. The van der Waals surface area contributed by atoms with E-state index in [9.17, 15) is 93.6 Å². The van der Waals surface area contributed by atoms with E-state index in [0.717, 1.165) is 0 Å². The number of nitrogens with two attached hydrogens (primary N) is 1. The number of aliphatic carboxylic acids is 2. The molecule has 2 heterocycles. The molecule has 0 radical (unpaired) electrons. The third-order valence-electron chi connectivity index (χ3n) is 15.5. The van der Waals surface area contributed by atoms with Gasteiger partial charge >= 0.3 is 36.2 Å². The van der Waals surface area contributed by atoms with Crippen molar-refractivity contribution >= 4 is 76.9 Å². The van der Waals surface area contributed by atoms with E-state index in [-0.39, 0.29) is 184 Å². The van der Waals surface area contributed by atoms with Crippen LogP contribution in [0.15, 0.2) is 36.4 Å². The average Bonchev–Trinajstić information content (AvgIpc) is 0.836. The predicted octanol–water partition coefficient (Wildman–Crippen LogP) is -1.14. The second-order valence-corrected chi connectivity index (χ2v) is 23.5. The first kappa shape index (κ1) is 91.5. The second kappa shape index (κ2) is 51.6. The average molecular weight is 1480 g/mol. The monoisotopic (exact) mass is 1480 g/mol. The number of amides is 2. The number of carboxylic acids is 2. The maximum absolute atomic E-state index is 13.7. The first-order chi connectivity index (χ1) is 49.6. The lowest BCUT2D eigenvalue weighted by Gasteiger charge is -2.38. The largest absolute Gasteiger partial charge is 0.481 e. The van der Waals surface area contributed by atoms with Gasteiger partial charge in [0.05, 0.1) is 56.8 Å². The quantitative estimate of drug-likeness (QED) is 0.0161. The van der Waals surface area contributed by atoms with Crippen LogP contribution >= 0.6 is 0 Å². The SMILES string of the molecule is CC[C@@H](CC(=O)COCCOCCCC(=O)c1cc(COC(C)=O)ccc1O[C@@H]1O[C@H](C(=O)O)[C@@H](O)[C@H](O)[C@H]1O)C(=O)NCCCC[C@@H](NC(=O)[C@@H](CCC(=O)O)CC(=O)COCCOCCCC(=O)c1cc(COC(C)=O)ccc1O[C@@H]1OC[C@@H](O)[C@H](O)[C@H]1O)C(=O)CCCON.O=C=O.O=C=O. The molecule has 0 bridgehead atoms. The number of ketones is 5. The van der Waals surface area contributed by atoms with Gasteiger partial charge in [-0.05, 0) is 86.8 Å². The van der Waals surface area contributed by atoms with Crippen LogP contribution in [-0.4, -0.2) is 252 Å². The number of hydrogen-bond donors (Lipinski definition) is 11. The molecule has 2 aliphatic heterocycles. The van der Waals surface area contributed by atoms with Crippen LogP contribution in [0, 0.1) is 11.8 Å². The Hall–Kier alpha value is -8.59. The van der Waals surface area contributed by atoms with E-state index < -0.39 is 146 Å². The molecule has 2 fully saturated rings. The van der Waals surface area contributed by atoms with Gasteiger partial charge in [-0.3, -0.25) is 47.9 Å². The molecule has 37 heteroatoms. The van der Waals surface area contributed by atoms with E-state index in [1.54, 1.807) is 6.92 Å². The highest BCUT2D eigenvalue weighted by atomic mass is 16.7. The fourth-order valence-electron chi connectivity index (χ4n) is 10.0. The molecule has 2 aromatic rings. The summed E-state index contributed by atoms with van der Waals surface area (Å²) in [5.41, 5.74) is 0.863. The first-order valence-corrected chi connectivity index (χ1v) is 33.1. The lowest BCUT2D eigenvalue weighted by Crippen LogP contribution is -2.61. The van der Waals surface area contributed by atoms with Crippen molar-refractivity contribution < 1.29 is 165 Å². The molecule has 0 unspecified atom stereocenters. The summed E-state index contributed by atoms with van der Waals surface area (Å²) < 4.78 is 54.1. The van der Waals surface area contributed by atoms with Crippen molar-refractivity contribution in [3.05, 3.63) is 58.7 Å². The molecular weight excluding hydrogens is 1390 g/mol. The molecule has 37 nitrogen and oxygen atoms in total. The molecule has 2 aliphatic rings. The topological polar surface area (TPSA) is 570 Å². The van der Waals surface area contributed by atoms with Crippen molar-refractivity contribution in [2.75, 3.05) is 72.6 Å². The number of Topliss-reactive ketones (excluding diaryl/α,β-unsaturated/α-hetero) is 5. The predicted molar refractivity (Wildman–Crippen MR) is 344 cm³/mol. The van der Waals surface area contributed by atoms with Crippen molar-refractivity contribution in [2.24, 2.45) is 17.7 Å². The number of carbonyl (C=O) groups excluding carboxylic acids is 13. The molecule has 4 rings (SSSR count). The number of carboxylic acid groups (broad SMARTS) is 2. The summed E-state index contributed by atoms with van der Waals surface area (Å²) in [4.78, 5) is 176. The van der Waals surface area contributed by atoms with Crippen molar-refractivity contribution in [1.82, 2.24) is 10.6 Å². The number of nitrogens with one attached hydrogen (secondary N) is 2. The summed E-state index contributed by atoms with van der Waals surface area (Å²) in [7, 11) is 0. The Bertz CT molecular complexity index is 3120. The zero-order valence-electron chi connectivity index (χ0n) is 57.8. The number of esters is 2. The molecule has 580 valence electrons. The molecule has 12 N–H and O–H groups in total. The summed E-state index contributed by atoms with van der Waals surface area (Å²) in [6.45, 7) is 3.00. The third-order valence-corrected chi connectivity index (χ3v) is 15.5. The molecule has 2 saturated heterocycles. The molecule has 2 aromatic carbocycles. The Kier molecular flexibility index (Phi) is 45.4. The van der Waals surface area contributed by atoms with Gasteiger partial charge in [-0.1, -0.05) is 19.1 Å². The van der Waals surface area contributed by atoms with E-state index in [1.807, 2.05) is 0 Å². The van der Waals surface area contributed by atoms with Crippen molar-refractivity contribution in [3.8, 4) is 11.5 Å². The molecule has 0 saturated carbocycles. The van der Waals surface area contributed by atoms with Crippen molar-refractivity contribution in [2.45, 2.75) is 185 Å². The van der Waals surface area contributed by atoms with Gasteiger partial charge in [-0.2, -0.15) is 19.2 Å². The van der Waals surface area contributed by atoms with Gasteiger partial charge in [-0.25, -0.2) is 10.7 Å². The van der Waals surface area contributed by atoms with Gasteiger partial charge in [0, 0.05) is 84.0 Å². The number of carbonyl (C=O) groups is 11. The maximum atomic E-state index is 13.7. The number of benzene rings is 2. The van der Waals surface area contributed by atoms with Gasteiger partial charge in [0.1, 0.15) is 74.6 Å². The lowest BCUT2D eigenvalue weighted by atomic mass is 9.94. The van der Waals surface area contributed by atoms with E-state index in [0.29, 0.717) is 30.4 Å². The standard InChI is InChI=1S/C65H93N3O30.2CO2/c1-4-41(30-43(71)34-90-26-24-88-22-8-12-49(74)46-29-40(33-93-38(3)70)15-18-53(46)97-65-59(83)56(80)57(81)60(98-65)63(86)87)61(84)67-20-6-5-10-47(50(75)13-9-23-95-66)68-62(85)42(16-19-54(77)78)31-44(72)35-91-27-25-89-21-7-11-48(73)45-28-39(32-92-37(2)69)14-17-52(45)96-64-58(82)55(79)51(76)36-94-64;2*2-1-3/h14-15,17-18,28-29,41-42,47,51,55-60,64-65,76,79-83H,4-13,16,19-27,30-36,66H2,1-3H3,(H,67,84)(H,68,85)(H,77,78)(H,86,87);;/t41-,42-,47+,51+,55-,56-,57-,58+,59+,60-,64-,65+;;/m0../s1. The number of rotatable bonds is 50. The molecule has 0 aliphatic carbocycles. The van der Waals surface area contributed by atoms with Crippen LogP contribution in [0.25, 0.3) is 0 Å². The van der Waals surface area contributed by atoms with Gasteiger partial charge < -0.3 is 104 Å². The van der Waals surface area contributed by atoms with Crippen LogP contribution in [0.4, 0.5) is 0 Å². The Balaban J connectivity index is 0.00000591. The van der Waals surface area contributed by atoms with Crippen molar-refractivity contribution in [3.63, 3.8) is 0 Å². The van der Waals surface area contributed by atoms with Crippen LogP contribution in [0.1, 0.15) is 143 Å². The molecule has 0 spiro atoms. The number of aliphatic hydroxyl groups excluding tert-OH is 6. The van der Waals surface area contributed by atoms with Gasteiger partial charge in [-0.15, -0.1) is 0 Å². The number of ether oxygens (including phenoxy) is 10. The second-order valence-electron chi connectivity index (χ2n) is 23.5. The van der Waals surface area contributed by atoms with Crippen LogP contribution in [-0.2, 0) is 118 Å². The fraction of sp³-hybridized carbons (Fsp3) is 0.627. The first-order valence-electron chi connectivity index (χ1n) is 33.1. The minimum atomic E-state index is -1.97. The fourth-order valence-corrected chi connectivity index (χ4v) is 10.0. The summed E-state index contributed by atoms with van der Waals surface area (Å²) in [5.74, 6) is -4.13. The van der Waals surface area contributed by atoms with Crippen molar-refractivity contribution in [1.29, 1.82) is 0 Å². The lowest BCUT2D eigenvalue weighted by molar-refractivity contribution is -0.271. The van der Waals surface area contributed by atoms with Gasteiger partial charge in [0.15, 0.2) is 35.0 Å². The minimum absolute atomic E-state index is 0.000943. The Labute approximate surface area is 596 Å². The highest BCUT2D eigenvalue weighted by Crippen LogP contribution is 2.31. The van der Waals surface area contributed by atoms with Gasteiger partial charge in [0.2, 0.25) is 24.4 Å². The molecular formula is C67H93N3O34. The van der Waals surface area contributed by atoms with Crippen LogP contribution in [0.5, 0.6) is 11.5 Å². The Morgan fingerprint density at radius 1 is 0.567 bits per heavy atom. The molecule has 12 atom stereocenters. The van der Waals surface area contributed by atoms with Crippen LogP contribution in [0.2, 0.25) is 0 Å². The molecule has 2 amide bonds. The van der Waals surface area contributed by atoms with Crippen LogP contribution in [0.3, 0.4) is 0 Å². The summed E-state index contributed by atoms with van der Waals surface area (Å²) >= 11 is 0. The highest BCUT2D eigenvalue weighted by Gasteiger charge is 2.48. The normalized spacial score (nSPS) is 19.7. The van der Waals surface area contributed by atoms with E-state index >= 15 is 0 Å². The zero-order valence-corrected chi connectivity index (χ0v) is 57.8. The van der Waals surface area contributed by atoms with E-state index in [1.165, 1.54) is 50.2 Å². The number of aliphatic hydroxyl groups is 6. The zero-order chi connectivity index (χ0) is 77.7. The smallest absolute Gasteiger partial charge is 0.373 e. The molecule has 0 aromatic heterocycles. The summed E-state index contributed by atoms with van der Waals surface area (Å²) in [6, 6.07) is 7.48. The summed E-state index contributed by atoms with van der Waals surface area (Å²) in [5, 5.41) is 85.5. The van der Waals surface area contributed by atoms with E-state index in [4.69, 9.17) is 72.4 Å². The maximum Gasteiger partial charge on any atom is 0.373 e. The van der Waals surface area contributed by atoms with Gasteiger partial charge in [0.25, 0.3) is 0 Å². The number of hydrogen-bond acceptors (Lipinski definition) is 33. The molecule has 104 heavy (non-hydrogen) atoms. The minimum Gasteiger partial charge on any atom is -0.481 e. The van der Waals surface area contributed by atoms with Crippen LogP contribution < -0.4 is 26.0 Å². The third kappa shape index (κ3) is 35.3. The Morgan fingerprint density at radius 3 is 1.55 bits per heavy atom. The Morgan fingerprint density at radius 2 is 1.06 bits per heavy atom. The van der Waals surface area contributed by atoms with E-state index in [2.05, 4.69) is 15.5 Å². The summed E-state index contributed by atoms with van der Waals surface area (Å²) in [6.07, 6.45) is -14.8. The number of unbranched alkanes of at least 4 members (excludes halogenated alkanes) is 1.